The maximum Gasteiger partial charge on any atom is 0.348 e. The van der Waals surface area contributed by atoms with Crippen molar-refractivity contribution < 1.29 is 28.6 Å². The maximum atomic E-state index is 12.5. The van der Waals surface area contributed by atoms with Crippen molar-refractivity contribution in [3.05, 3.63) is 44.2 Å². The van der Waals surface area contributed by atoms with Gasteiger partial charge in [0.05, 0.1) is 23.2 Å². The summed E-state index contributed by atoms with van der Waals surface area (Å²) in [6, 6.07) is 5.69. The van der Waals surface area contributed by atoms with E-state index in [9.17, 15) is 14.4 Å². The van der Waals surface area contributed by atoms with Gasteiger partial charge < -0.3 is 19.5 Å². The smallest absolute Gasteiger partial charge is 0.348 e. The van der Waals surface area contributed by atoms with Gasteiger partial charge in [-0.2, -0.15) is 0 Å². The topological polar surface area (TPSA) is 90.9 Å². The van der Waals surface area contributed by atoms with E-state index in [4.69, 9.17) is 14.2 Å². The van der Waals surface area contributed by atoms with Gasteiger partial charge in [0, 0.05) is 0 Å². The van der Waals surface area contributed by atoms with Crippen LogP contribution in [0.5, 0.6) is 5.75 Å². The van der Waals surface area contributed by atoms with E-state index in [0.29, 0.717) is 17.2 Å². The summed E-state index contributed by atoms with van der Waals surface area (Å²) in [7, 11) is 0. The number of anilines is 1. The SMILES string of the molecule is CCOC(=O)c1sc(NC(=O)COc2ccc(C(C)C)cc2Br)c(C(=O)OCC)c1C. The highest BCUT2D eigenvalue weighted by atomic mass is 79.9. The molecule has 31 heavy (non-hydrogen) atoms. The summed E-state index contributed by atoms with van der Waals surface area (Å²) in [5.41, 5.74) is 1.69. The largest absolute Gasteiger partial charge is 0.483 e. The summed E-state index contributed by atoms with van der Waals surface area (Å²) in [4.78, 5) is 37.4. The second-order valence-electron chi connectivity index (χ2n) is 6.88. The summed E-state index contributed by atoms with van der Waals surface area (Å²) in [5.74, 6) is -0.746. The standard InChI is InChI=1S/C22H26BrNO6S/c1-6-28-21(26)18-13(5)19(22(27)29-7-2)31-20(18)24-17(25)11-30-16-9-8-14(12(3)4)10-15(16)23/h8-10,12H,6-7,11H2,1-5H3,(H,24,25). The minimum absolute atomic E-state index is 0.144. The highest BCUT2D eigenvalue weighted by Gasteiger charge is 2.27. The third-order valence-electron chi connectivity index (χ3n) is 4.32. The molecule has 1 N–H and O–H groups in total. The summed E-state index contributed by atoms with van der Waals surface area (Å²) >= 11 is 4.43. The first-order valence-electron chi connectivity index (χ1n) is 9.89. The molecule has 0 unspecified atom stereocenters. The monoisotopic (exact) mass is 511 g/mol. The van der Waals surface area contributed by atoms with Crippen LogP contribution in [0, 0.1) is 6.92 Å². The van der Waals surface area contributed by atoms with E-state index in [1.165, 1.54) is 0 Å². The van der Waals surface area contributed by atoms with Gasteiger partial charge in [-0.1, -0.05) is 19.9 Å². The molecule has 0 fully saturated rings. The Hall–Kier alpha value is -2.39. The number of nitrogens with one attached hydrogen (secondary N) is 1. The lowest BCUT2D eigenvalue weighted by atomic mass is 10.0. The van der Waals surface area contributed by atoms with Crippen LogP contribution < -0.4 is 10.1 Å². The van der Waals surface area contributed by atoms with Gasteiger partial charge in [-0.15, -0.1) is 11.3 Å². The number of thiophene rings is 1. The number of hydrogen-bond donors (Lipinski definition) is 1. The zero-order valence-electron chi connectivity index (χ0n) is 18.2. The Morgan fingerprint density at radius 2 is 1.74 bits per heavy atom. The van der Waals surface area contributed by atoms with Crippen molar-refractivity contribution in [1.82, 2.24) is 0 Å². The molecule has 168 valence electrons. The Morgan fingerprint density at radius 1 is 1.10 bits per heavy atom. The Bertz CT molecular complexity index is 969. The number of hydrogen-bond acceptors (Lipinski definition) is 7. The van der Waals surface area contributed by atoms with Gasteiger partial charge in [0.15, 0.2) is 6.61 Å². The normalized spacial score (nSPS) is 10.7. The van der Waals surface area contributed by atoms with Crippen LogP contribution in [0.1, 0.15) is 64.8 Å². The molecule has 1 heterocycles. The van der Waals surface area contributed by atoms with Crippen molar-refractivity contribution in [2.45, 2.75) is 40.5 Å². The molecule has 9 heteroatoms. The van der Waals surface area contributed by atoms with Gasteiger partial charge in [0.25, 0.3) is 5.91 Å². The number of amides is 1. The number of rotatable bonds is 9. The molecule has 0 bridgehead atoms. The quantitative estimate of drug-likeness (QED) is 0.458. The summed E-state index contributed by atoms with van der Waals surface area (Å²) < 4.78 is 16.5. The van der Waals surface area contributed by atoms with Crippen molar-refractivity contribution in [2.24, 2.45) is 0 Å². The van der Waals surface area contributed by atoms with E-state index in [1.807, 2.05) is 12.1 Å². The van der Waals surface area contributed by atoms with E-state index >= 15 is 0 Å². The van der Waals surface area contributed by atoms with Crippen molar-refractivity contribution in [3.63, 3.8) is 0 Å². The highest BCUT2D eigenvalue weighted by Crippen LogP contribution is 2.34. The van der Waals surface area contributed by atoms with Crippen molar-refractivity contribution in [3.8, 4) is 5.75 Å². The third kappa shape index (κ3) is 6.30. The van der Waals surface area contributed by atoms with Gasteiger partial charge in [0.1, 0.15) is 15.6 Å². The molecule has 0 saturated heterocycles. The number of benzene rings is 1. The molecule has 7 nitrogen and oxygen atoms in total. The molecule has 1 amide bonds. The Kier molecular flexibility index (Phi) is 9.06. The molecule has 0 spiro atoms. The lowest BCUT2D eigenvalue weighted by Gasteiger charge is -2.12. The van der Waals surface area contributed by atoms with Crippen molar-refractivity contribution >= 4 is 50.1 Å². The van der Waals surface area contributed by atoms with E-state index < -0.39 is 17.8 Å². The fourth-order valence-corrected chi connectivity index (χ4v) is 4.36. The van der Waals surface area contributed by atoms with Crippen LogP contribution in [0.3, 0.4) is 0 Å². The van der Waals surface area contributed by atoms with Crippen LogP contribution in [-0.2, 0) is 14.3 Å². The van der Waals surface area contributed by atoms with Crippen LogP contribution in [0.2, 0.25) is 0 Å². The average molecular weight is 512 g/mol. The lowest BCUT2D eigenvalue weighted by molar-refractivity contribution is -0.118. The third-order valence-corrected chi connectivity index (χ3v) is 6.13. The fourth-order valence-electron chi connectivity index (χ4n) is 2.74. The molecule has 0 aliphatic heterocycles. The van der Waals surface area contributed by atoms with Crippen LogP contribution in [0.15, 0.2) is 22.7 Å². The average Bonchev–Trinajstić information content (AvgIpc) is 3.03. The minimum atomic E-state index is -0.616. The zero-order chi connectivity index (χ0) is 23.1. The minimum Gasteiger partial charge on any atom is -0.483 e. The molecule has 0 radical (unpaired) electrons. The van der Waals surface area contributed by atoms with Crippen molar-refractivity contribution in [2.75, 3.05) is 25.1 Å². The number of halogens is 1. The molecule has 1 aromatic heterocycles. The van der Waals surface area contributed by atoms with Crippen LogP contribution in [0.25, 0.3) is 0 Å². The second-order valence-corrected chi connectivity index (χ2v) is 8.76. The maximum absolute atomic E-state index is 12.5. The lowest BCUT2D eigenvalue weighted by Crippen LogP contribution is -2.21. The fraction of sp³-hybridized carbons (Fsp3) is 0.409. The van der Waals surface area contributed by atoms with E-state index in [-0.39, 0.29) is 35.3 Å². The predicted molar refractivity (Wildman–Crippen MR) is 123 cm³/mol. The van der Waals surface area contributed by atoms with Crippen LogP contribution in [0.4, 0.5) is 5.00 Å². The Morgan fingerprint density at radius 3 is 2.32 bits per heavy atom. The van der Waals surface area contributed by atoms with Gasteiger partial charge in [-0.25, -0.2) is 9.59 Å². The molecule has 0 aliphatic rings. The van der Waals surface area contributed by atoms with Gasteiger partial charge in [-0.3, -0.25) is 4.79 Å². The Labute approximate surface area is 194 Å². The van der Waals surface area contributed by atoms with E-state index in [0.717, 1.165) is 21.4 Å². The second kappa shape index (κ2) is 11.3. The zero-order valence-corrected chi connectivity index (χ0v) is 20.6. The first-order chi connectivity index (χ1) is 14.7. The number of carbonyl (C=O) groups excluding carboxylic acids is 3. The highest BCUT2D eigenvalue weighted by molar-refractivity contribution is 9.10. The molecule has 1 aromatic carbocycles. The first kappa shape index (κ1) is 24.9. The van der Waals surface area contributed by atoms with E-state index in [1.54, 1.807) is 26.8 Å². The van der Waals surface area contributed by atoms with Crippen LogP contribution >= 0.6 is 27.3 Å². The molecule has 0 saturated carbocycles. The summed E-state index contributed by atoms with van der Waals surface area (Å²) in [6.45, 7) is 9.26. The molecule has 0 aliphatic carbocycles. The predicted octanol–water partition coefficient (Wildman–Crippen LogP) is 5.31. The van der Waals surface area contributed by atoms with Gasteiger partial charge in [0.2, 0.25) is 0 Å². The van der Waals surface area contributed by atoms with Crippen molar-refractivity contribution in [1.29, 1.82) is 0 Å². The van der Waals surface area contributed by atoms with Gasteiger partial charge >= 0.3 is 11.9 Å². The number of ether oxygens (including phenoxy) is 3. The number of esters is 2. The summed E-state index contributed by atoms with van der Waals surface area (Å²) in [5, 5.41) is 2.88. The summed E-state index contributed by atoms with van der Waals surface area (Å²) in [6.07, 6.45) is 0. The first-order valence-corrected chi connectivity index (χ1v) is 11.5. The molecule has 0 atom stereocenters. The molecular weight excluding hydrogens is 486 g/mol. The van der Waals surface area contributed by atoms with Crippen LogP contribution in [-0.4, -0.2) is 37.7 Å². The van der Waals surface area contributed by atoms with Gasteiger partial charge in [-0.05, 0) is 65.9 Å². The molecular formula is C22H26BrNO6S. The molecule has 2 aromatic rings. The van der Waals surface area contributed by atoms with E-state index in [2.05, 4.69) is 35.1 Å². The Balaban J connectivity index is 2.18. The molecule has 2 rings (SSSR count). The number of carbonyl (C=O) groups is 3.